The van der Waals surface area contributed by atoms with Gasteiger partial charge in [0.15, 0.2) is 6.61 Å². The SMILES string of the molecule is COc1nc(OCC(F)(F)F)ccc1C(=O)NC(C)c1cc(C)nn1C.[HH]. The second-order valence-electron chi connectivity index (χ2n) is 5.64. The Morgan fingerprint density at radius 2 is 2.12 bits per heavy atom. The van der Waals surface area contributed by atoms with Gasteiger partial charge in [0.05, 0.1) is 24.5 Å². The van der Waals surface area contributed by atoms with Gasteiger partial charge in [-0.05, 0) is 26.0 Å². The van der Waals surface area contributed by atoms with Gasteiger partial charge in [-0.3, -0.25) is 9.48 Å². The Bertz CT molecular complexity index is 796. The first-order chi connectivity index (χ1) is 12.1. The van der Waals surface area contributed by atoms with Crippen LogP contribution < -0.4 is 14.8 Å². The van der Waals surface area contributed by atoms with E-state index in [1.54, 1.807) is 18.7 Å². The minimum Gasteiger partial charge on any atom is -0.480 e. The average molecular weight is 374 g/mol. The molecule has 1 N–H and O–H groups in total. The number of hydrogen-bond donors (Lipinski definition) is 1. The number of carbonyl (C=O) groups excluding carboxylic acids is 1. The predicted octanol–water partition coefficient (Wildman–Crippen LogP) is 2.81. The van der Waals surface area contributed by atoms with Crippen LogP contribution in [0.25, 0.3) is 0 Å². The van der Waals surface area contributed by atoms with E-state index >= 15 is 0 Å². The lowest BCUT2D eigenvalue weighted by molar-refractivity contribution is -0.154. The molecule has 0 spiro atoms. The highest BCUT2D eigenvalue weighted by Crippen LogP contribution is 2.23. The van der Waals surface area contributed by atoms with Crippen LogP contribution in [0.5, 0.6) is 11.8 Å². The fourth-order valence-electron chi connectivity index (χ4n) is 2.37. The molecule has 10 heteroatoms. The third kappa shape index (κ3) is 4.87. The summed E-state index contributed by atoms with van der Waals surface area (Å²) in [5.74, 6) is -0.898. The molecule has 144 valence electrons. The van der Waals surface area contributed by atoms with E-state index in [9.17, 15) is 18.0 Å². The summed E-state index contributed by atoms with van der Waals surface area (Å²) in [7, 11) is 3.03. The quantitative estimate of drug-likeness (QED) is 0.841. The van der Waals surface area contributed by atoms with Crippen LogP contribution in [0.15, 0.2) is 18.2 Å². The number of rotatable bonds is 6. The van der Waals surface area contributed by atoms with E-state index in [1.165, 1.54) is 19.2 Å². The fourth-order valence-corrected chi connectivity index (χ4v) is 2.37. The van der Waals surface area contributed by atoms with Gasteiger partial charge in [-0.25, -0.2) is 0 Å². The molecule has 1 unspecified atom stereocenters. The summed E-state index contributed by atoms with van der Waals surface area (Å²) < 4.78 is 47.9. The molecule has 2 heterocycles. The maximum absolute atomic E-state index is 12.5. The minimum absolute atomic E-state index is 0. The van der Waals surface area contributed by atoms with Crippen molar-refractivity contribution in [2.24, 2.45) is 7.05 Å². The molecule has 7 nitrogen and oxygen atoms in total. The van der Waals surface area contributed by atoms with Crippen LogP contribution in [0.4, 0.5) is 13.2 Å². The molecule has 1 atom stereocenters. The van der Waals surface area contributed by atoms with Crippen molar-refractivity contribution >= 4 is 5.91 Å². The Kier molecular flexibility index (Phi) is 5.73. The van der Waals surface area contributed by atoms with Crippen LogP contribution in [-0.2, 0) is 7.05 Å². The summed E-state index contributed by atoms with van der Waals surface area (Å²) in [5, 5.41) is 6.99. The number of alkyl halides is 3. The van der Waals surface area contributed by atoms with Crippen molar-refractivity contribution in [1.82, 2.24) is 20.1 Å². The molecular formula is C16H21F3N4O3. The number of ether oxygens (including phenoxy) is 2. The van der Waals surface area contributed by atoms with E-state index in [2.05, 4.69) is 20.1 Å². The zero-order valence-corrected chi connectivity index (χ0v) is 14.7. The average Bonchev–Trinajstić information content (AvgIpc) is 2.90. The van der Waals surface area contributed by atoms with Crippen LogP contribution in [-0.4, -0.2) is 40.6 Å². The number of aromatic nitrogens is 3. The molecule has 26 heavy (non-hydrogen) atoms. The van der Waals surface area contributed by atoms with E-state index in [4.69, 9.17) is 4.74 Å². The van der Waals surface area contributed by atoms with Gasteiger partial charge in [-0.2, -0.15) is 23.3 Å². The maximum atomic E-state index is 12.5. The normalized spacial score (nSPS) is 12.6. The first kappa shape index (κ1) is 19.5. The van der Waals surface area contributed by atoms with Crippen molar-refractivity contribution in [3.05, 3.63) is 35.2 Å². The Morgan fingerprint density at radius 1 is 1.42 bits per heavy atom. The molecule has 0 radical (unpaired) electrons. The second-order valence-corrected chi connectivity index (χ2v) is 5.64. The van der Waals surface area contributed by atoms with Gasteiger partial charge in [-0.1, -0.05) is 0 Å². The summed E-state index contributed by atoms with van der Waals surface area (Å²) in [6.07, 6.45) is -4.48. The number of carbonyl (C=O) groups is 1. The molecule has 2 rings (SSSR count). The summed E-state index contributed by atoms with van der Waals surface area (Å²) in [5.41, 5.74) is 1.69. The van der Waals surface area contributed by atoms with Crippen LogP contribution in [0, 0.1) is 6.92 Å². The molecule has 0 aliphatic heterocycles. The Morgan fingerprint density at radius 3 is 2.65 bits per heavy atom. The number of aryl methyl sites for hydroxylation is 2. The maximum Gasteiger partial charge on any atom is 0.422 e. The summed E-state index contributed by atoms with van der Waals surface area (Å²) in [4.78, 5) is 16.3. The number of nitrogens with zero attached hydrogens (tertiary/aromatic N) is 3. The highest BCUT2D eigenvalue weighted by Gasteiger charge is 2.29. The lowest BCUT2D eigenvalue weighted by Crippen LogP contribution is -2.28. The summed E-state index contributed by atoms with van der Waals surface area (Å²) in [6.45, 7) is 2.14. The van der Waals surface area contributed by atoms with Crippen molar-refractivity contribution in [1.29, 1.82) is 0 Å². The molecule has 0 aliphatic rings. The van der Waals surface area contributed by atoms with E-state index < -0.39 is 18.7 Å². The predicted molar refractivity (Wildman–Crippen MR) is 88.3 cm³/mol. The number of methoxy groups -OCH3 is 1. The van der Waals surface area contributed by atoms with E-state index in [0.717, 1.165) is 11.4 Å². The Hall–Kier alpha value is -2.78. The minimum atomic E-state index is -4.48. The van der Waals surface area contributed by atoms with Gasteiger partial charge in [0, 0.05) is 14.5 Å². The zero-order chi connectivity index (χ0) is 19.5. The Labute approximate surface area is 149 Å². The molecule has 0 aromatic carbocycles. The van der Waals surface area contributed by atoms with Crippen LogP contribution in [0.1, 0.15) is 36.1 Å². The largest absolute Gasteiger partial charge is 0.480 e. The second kappa shape index (κ2) is 7.63. The zero-order valence-electron chi connectivity index (χ0n) is 14.7. The smallest absolute Gasteiger partial charge is 0.422 e. The van der Waals surface area contributed by atoms with Crippen molar-refractivity contribution in [2.45, 2.75) is 26.1 Å². The van der Waals surface area contributed by atoms with Crippen LogP contribution >= 0.6 is 0 Å². The lowest BCUT2D eigenvalue weighted by Gasteiger charge is -2.16. The monoisotopic (exact) mass is 374 g/mol. The molecule has 0 aliphatic carbocycles. The van der Waals surface area contributed by atoms with Crippen LogP contribution in [0.3, 0.4) is 0 Å². The molecule has 1 amide bonds. The van der Waals surface area contributed by atoms with Gasteiger partial charge in [-0.15, -0.1) is 0 Å². The van der Waals surface area contributed by atoms with Gasteiger partial charge in [0.1, 0.15) is 5.56 Å². The number of pyridine rings is 1. The Balaban J connectivity index is 0.00000364. The van der Waals surface area contributed by atoms with E-state index in [0.29, 0.717) is 0 Å². The molecule has 2 aromatic heterocycles. The number of nitrogens with one attached hydrogen (secondary N) is 1. The summed E-state index contributed by atoms with van der Waals surface area (Å²) >= 11 is 0. The topological polar surface area (TPSA) is 78.3 Å². The van der Waals surface area contributed by atoms with Crippen LogP contribution in [0.2, 0.25) is 0 Å². The third-order valence-electron chi connectivity index (χ3n) is 3.49. The highest BCUT2D eigenvalue weighted by atomic mass is 19.4. The van der Waals surface area contributed by atoms with Crippen molar-refractivity contribution < 1.29 is 28.9 Å². The molecule has 0 saturated heterocycles. The first-order valence-corrected chi connectivity index (χ1v) is 7.66. The van der Waals surface area contributed by atoms with Gasteiger partial charge in [0.2, 0.25) is 11.8 Å². The standard InChI is InChI=1S/C16H19F3N4O3.H2/c1-9-7-12(23(3)22-9)10(2)20-14(24)11-5-6-13(21-15(11)25-4)26-8-16(17,18)19;/h5-7,10H,8H2,1-4H3,(H,20,24);1H. The highest BCUT2D eigenvalue weighted by molar-refractivity contribution is 5.96. The van der Waals surface area contributed by atoms with E-state index in [-0.39, 0.29) is 24.8 Å². The molecule has 2 aromatic rings. The first-order valence-electron chi connectivity index (χ1n) is 7.66. The summed E-state index contributed by atoms with van der Waals surface area (Å²) in [6, 6.07) is 3.98. The fraction of sp³-hybridized carbons (Fsp3) is 0.438. The number of hydrogen-bond acceptors (Lipinski definition) is 5. The molecule has 0 fully saturated rings. The van der Waals surface area contributed by atoms with Gasteiger partial charge < -0.3 is 14.8 Å². The van der Waals surface area contributed by atoms with Crippen molar-refractivity contribution in [3.8, 4) is 11.8 Å². The van der Waals surface area contributed by atoms with Gasteiger partial charge in [0.25, 0.3) is 5.91 Å². The number of halogens is 3. The van der Waals surface area contributed by atoms with E-state index in [1.807, 2.05) is 13.0 Å². The molecular weight excluding hydrogens is 353 g/mol. The number of amides is 1. The third-order valence-corrected chi connectivity index (χ3v) is 3.49. The lowest BCUT2D eigenvalue weighted by atomic mass is 10.2. The van der Waals surface area contributed by atoms with Crippen molar-refractivity contribution in [3.63, 3.8) is 0 Å². The van der Waals surface area contributed by atoms with Crippen molar-refractivity contribution in [2.75, 3.05) is 13.7 Å². The molecule has 0 bridgehead atoms. The van der Waals surface area contributed by atoms with Gasteiger partial charge >= 0.3 is 6.18 Å². The molecule has 0 saturated carbocycles.